The van der Waals surface area contributed by atoms with Crippen LogP contribution in [0.4, 0.5) is 5.95 Å². The van der Waals surface area contributed by atoms with E-state index in [-0.39, 0.29) is 18.0 Å². The second kappa shape index (κ2) is 12.3. The number of nitrogens with zero attached hydrogens (tertiary/aromatic N) is 7. The monoisotopic (exact) mass is 672 g/mol. The molecule has 0 radical (unpaired) electrons. The minimum atomic E-state index is -0.151. The zero-order chi connectivity index (χ0) is 31.0. The third-order valence-corrected chi connectivity index (χ3v) is 8.87. The Labute approximate surface area is 267 Å². The van der Waals surface area contributed by atoms with Gasteiger partial charge in [-0.25, -0.2) is 4.52 Å². The summed E-state index contributed by atoms with van der Waals surface area (Å²) in [6.45, 7) is 4.64. The van der Waals surface area contributed by atoms with E-state index in [9.17, 15) is 9.59 Å². The largest absolute Gasteiger partial charge is 0.357 e. The highest BCUT2D eigenvalue weighted by atomic mass is 79.9. The van der Waals surface area contributed by atoms with Crippen LogP contribution in [0, 0.1) is 0 Å². The van der Waals surface area contributed by atoms with Gasteiger partial charge in [0.2, 0.25) is 5.95 Å². The predicted molar refractivity (Wildman–Crippen MR) is 175 cm³/mol. The Bertz CT molecular complexity index is 2070. The van der Waals surface area contributed by atoms with Gasteiger partial charge in [0.05, 0.1) is 29.1 Å². The lowest BCUT2D eigenvalue weighted by Crippen LogP contribution is -2.41. The van der Waals surface area contributed by atoms with Crippen LogP contribution in [-0.4, -0.2) is 53.2 Å². The summed E-state index contributed by atoms with van der Waals surface area (Å²) in [5, 5.41) is 16.7. The zero-order valence-corrected chi connectivity index (χ0v) is 26.8. The van der Waals surface area contributed by atoms with Gasteiger partial charge in [-0.1, -0.05) is 55.8 Å². The Hall–Kier alpha value is -4.48. The van der Waals surface area contributed by atoms with E-state index in [0.29, 0.717) is 64.2 Å². The lowest BCUT2D eigenvalue weighted by Gasteiger charge is -2.29. The Kier molecular flexibility index (Phi) is 8.24. The quantitative estimate of drug-likeness (QED) is 0.248. The van der Waals surface area contributed by atoms with Crippen LogP contribution < -0.4 is 10.9 Å². The van der Waals surface area contributed by atoms with Crippen molar-refractivity contribution in [2.75, 3.05) is 18.9 Å². The van der Waals surface area contributed by atoms with E-state index in [1.165, 1.54) is 0 Å². The lowest BCUT2D eigenvalue weighted by atomic mass is 10.0. The van der Waals surface area contributed by atoms with Crippen molar-refractivity contribution in [1.29, 1.82) is 0 Å². The number of pyridine rings is 1. The molecule has 12 heteroatoms. The lowest BCUT2D eigenvalue weighted by molar-refractivity contribution is 0.0729. The van der Waals surface area contributed by atoms with Crippen LogP contribution in [0.2, 0.25) is 5.02 Å². The average molecular weight is 674 g/mol. The Morgan fingerprint density at radius 3 is 2.61 bits per heavy atom. The normalized spacial score (nSPS) is 12.6. The van der Waals surface area contributed by atoms with Crippen LogP contribution in [0.15, 0.2) is 82.3 Å². The van der Waals surface area contributed by atoms with Gasteiger partial charge in [0.15, 0.2) is 5.65 Å². The summed E-state index contributed by atoms with van der Waals surface area (Å²) in [6.07, 6.45) is 4.63. The molecule has 1 amide bonds. The predicted octanol–water partition coefficient (Wildman–Crippen LogP) is 5.80. The third-order valence-electron chi connectivity index (χ3n) is 7.63. The van der Waals surface area contributed by atoms with Crippen molar-refractivity contribution in [3.63, 3.8) is 0 Å². The average Bonchev–Trinajstić information content (AvgIpc) is 3.67. The maximum atomic E-state index is 14.3. The summed E-state index contributed by atoms with van der Waals surface area (Å²) in [4.78, 5) is 29.5. The molecule has 6 aromatic rings. The van der Waals surface area contributed by atoms with Crippen LogP contribution in [0.3, 0.4) is 0 Å². The van der Waals surface area contributed by atoms with E-state index < -0.39 is 0 Å². The highest BCUT2D eigenvalue weighted by molar-refractivity contribution is 9.10. The van der Waals surface area contributed by atoms with Gasteiger partial charge in [-0.3, -0.25) is 18.6 Å². The summed E-state index contributed by atoms with van der Waals surface area (Å²) >= 11 is 9.66. The highest BCUT2D eigenvalue weighted by Gasteiger charge is 2.29. The molecule has 0 fully saturated rings. The molecule has 0 saturated carbocycles. The van der Waals surface area contributed by atoms with Gasteiger partial charge in [0, 0.05) is 53.4 Å². The number of hydrogen-bond acceptors (Lipinski definition) is 6. The summed E-state index contributed by atoms with van der Waals surface area (Å²) in [5.74, 6) is 0.451. The molecule has 2 aromatic carbocycles. The number of anilines is 1. The maximum Gasteiger partial charge on any atom is 0.261 e. The number of amides is 1. The van der Waals surface area contributed by atoms with Crippen LogP contribution in [0.5, 0.6) is 0 Å². The molecule has 1 N–H and O–H groups in total. The Morgan fingerprint density at radius 1 is 1.07 bits per heavy atom. The zero-order valence-electron chi connectivity index (χ0n) is 24.5. The van der Waals surface area contributed by atoms with Gasteiger partial charge in [-0.15, -0.1) is 10.2 Å². The standard InChI is InChI=1S/C30H24BrClN8O2.C2H6/c1-33-30-36-35-26-15-21(9-12-38(26)30)39-27-20(13-18-5-3-2-4-6-18)16-34-40(27)25-17-37(11-10-22(25)29(39)42)28(41)19-7-8-23(31)24(32)14-19;1-2/h2-9,12,14-16H,10-11,13,17H2,1H3,(H,33,36);1-2H3. The molecule has 0 spiro atoms. The SMILES string of the molecule is CC.CNc1nnc2cc(-n3c(=O)c4c(n5ncc(Cc6ccccc6)c35)CN(C(=O)c3ccc(Br)c(Cl)c3)CC4)ccn12. The summed E-state index contributed by atoms with van der Waals surface area (Å²) in [5.41, 5.74) is 5.60. The van der Waals surface area contributed by atoms with E-state index >= 15 is 0 Å². The number of fused-ring (bicyclic) bond motifs is 4. The van der Waals surface area contributed by atoms with E-state index in [1.807, 2.05) is 65.5 Å². The fourth-order valence-electron chi connectivity index (χ4n) is 5.57. The Balaban J connectivity index is 0.00000168. The van der Waals surface area contributed by atoms with E-state index in [1.54, 1.807) is 34.7 Å². The van der Waals surface area contributed by atoms with Crippen molar-refractivity contribution in [3.8, 4) is 5.69 Å². The van der Waals surface area contributed by atoms with Gasteiger partial charge in [0.25, 0.3) is 11.5 Å². The smallest absolute Gasteiger partial charge is 0.261 e. The Morgan fingerprint density at radius 2 is 1.86 bits per heavy atom. The number of nitrogens with one attached hydrogen (secondary N) is 1. The minimum Gasteiger partial charge on any atom is -0.357 e. The van der Waals surface area contributed by atoms with Crippen molar-refractivity contribution in [1.82, 2.24) is 33.7 Å². The third kappa shape index (κ3) is 5.16. The van der Waals surface area contributed by atoms with Crippen LogP contribution in [0.25, 0.3) is 17.0 Å². The van der Waals surface area contributed by atoms with Crippen LogP contribution >= 0.6 is 27.5 Å². The van der Waals surface area contributed by atoms with Gasteiger partial charge in [-0.2, -0.15) is 5.10 Å². The van der Waals surface area contributed by atoms with E-state index in [0.717, 1.165) is 15.6 Å². The first-order chi connectivity index (χ1) is 21.4. The van der Waals surface area contributed by atoms with Gasteiger partial charge in [-0.05, 0) is 52.2 Å². The first-order valence-electron chi connectivity index (χ1n) is 14.4. The van der Waals surface area contributed by atoms with Gasteiger partial charge >= 0.3 is 0 Å². The first-order valence-corrected chi connectivity index (χ1v) is 15.5. The fourth-order valence-corrected chi connectivity index (χ4v) is 6.00. The second-order valence-corrected chi connectivity index (χ2v) is 11.4. The number of halogens is 2. The minimum absolute atomic E-state index is 0.135. The summed E-state index contributed by atoms with van der Waals surface area (Å²) in [6, 6.07) is 18.9. The van der Waals surface area contributed by atoms with E-state index in [2.05, 4.69) is 43.6 Å². The van der Waals surface area contributed by atoms with Crippen LogP contribution in [0.1, 0.15) is 46.6 Å². The van der Waals surface area contributed by atoms with E-state index in [4.69, 9.17) is 16.7 Å². The molecule has 0 unspecified atom stereocenters. The van der Waals surface area contributed by atoms with Gasteiger partial charge < -0.3 is 10.2 Å². The molecule has 0 aliphatic carbocycles. The number of aromatic nitrogens is 6. The first kappa shape index (κ1) is 29.6. The molecule has 5 heterocycles. The molecule has 0 bridgehead atoms. The molecule has 1 aliphatic rings. The number of benzene rings is 2. The molecular formula is C32H30BrClN8O2. The molecule has 0 atom stereocenters. The number of carbonyl (C=O) groups is 1. The number of hydrogen-bond donors (Lipinski definition) is 1. The van der Waals surface area contributed by atoms with Crippen molar-refractivity contribution >= 4 is 50.7 Å². The maximum absolute atomic E-state index is 14.3. The molecule has 1 aliphatic heterocycles. The molecule has 10 nitrogen and oxygen atoms in total. The number of rotatable bonds is 5. The summed E-state index contributed by atoms with van der Waals surface area (Å²) in [7, 11) is 1.78. The van der Waals surface area contributed by atoms with Crippen LogP contribution in [-0.2, 0) is 19.4 Å². The van der Waals surface area contributed by atoms with Crippen molar-refractivity contribution < 1.29 is 4.79 Å². The highest BCUT2D eigenvalue weighted by Crippen LogP contribution is 2.27. The molecule has 44 heavy (non-hydrogen) atoms. The summed E-state index contributed by atoms with van der Waals surface area (Å²) < 4.78 is 6.07. The van der Waals surface area contributed by atoms with Gasteiger partial charge in [0.1, 0.15) is 5.65 Å². The molecule has 0 saturated heterocycles. The fraction of sp³-hybridized carbons (Fsp3) is 0.219. The molecule has 224 valence electrons. The number of carbonyl (C=O) groups excluding carboxylic acids is 1. The molecular weight excluding hydrogens is 644 g/mol. The van der Waals surface area contributed by atoms with Crippen molar-refractivity contribution in [2.24, 2.45) is 0 Å². The second-order valence-electron chi connectivity index (χ2n) is 10.1. The molecule has 4 aromatic heterocycles. The topological polar surface area (TPSA) is 102 Å². The molecule has 7 rings (SSSR count). The van der Waals surface area contributed by atoms with Crippen molar-refractivity contribution in [2.45, 2.75) is 33.2 Å². The van der Waals surface area contributed by atoms with Crippen molar-refractivity contribution in [3.05, 3.63) is 121 Å².